The molecule has 0 amide bonds. The molecule has 6 N–H and O–H groups in total. The van der Waals surface area contributed by atoms with E-state index in [1.165, 1.54) is 0 Å². The number of rotatable bonds is 1. The maximum Gasteiger partial charge on any atom is 0.241 e. The van der Waals surface area contributed by atoms with Gasteiger partial charge in [-0.1, -0.05) is 0 Å². The van der Waals surface area contributed by atoms with E-state index in [-0.39, 0.29) is 5.95 Å². The maximum absolute atomic E-state index is 5.69. The minimum absolute atomic E-state index is 0.116. The molecule has 7 heteroatoms. The number of hydrogen-bond donors (Lipinski definition) is 3. The van der Waals surface area contributed by atoms with E-state index < -0.39 is 0 Å². The van der Waals surface area contributed by atoms with E-state index in [0.717, 1.165) is 4.68 Å². The zero-order valence-electron chi connectivity index (χ0n) is 7.25. The van der Waals surface area contributed by atoms with Crippen LogP contribution in [-0.2, 0) is 0 Å². The fourth-order valence-electron chi connectivity index (χ4n) is 1.07. The lowest BCUT2D eigenvalue weighted by atomic mass is 10.3. The molecule has 0 aliphatic carbocycles. The van der Waals surface area contributed by atoms with Gasteiger partial charge in [-0.2, -0.15) is 0 Å². The third kappa shape index (κ3) is 1.11. The molecular formula is C7H9N7. The Bertz CT molecular complexity index is 461. The van der Waals surface area contributed by atoms with Gasteiger partial charge < -0.3 is 17.3 Å². The van der Waals surface area contributed by atoms with Gasteiger partial charge in [0.05, 0.1) is 5.69 Å². The van der Waals surface area contributed by atoms with Crippen LogP contribution in [0.4, 0.5) is 11.6 Å². The van der Waals surface area contributed by atoms with E-state index in [1.807, 2.05) is 0 Å². The molecule has 7 nitrogen and oxygen atoms in total. The summed E-state index contributed by atoms with van der Waals surface area (Å²) in [7, 11) is 0. The molecule has 2 aromatic heterocycles. The molecule has 0 aliphatic heterocycles. The molecule has 0 aromatic carbocycles. The van der Waals surface area contributed by atoms with Crippen molar-refractivity contribution in [1.29, 1.82) is 0 Å². The van der Waals surface area contributed by atoms with Crippen molar-refractivity contribution in [3.8, 4) is 11.5 Å². The van der Waals surface area contributed by atoms with Crippen LogP contribution in [0.3, 0.4) is 0 Å². The first-order valence-electron chi connectivity index (χ1n) is 3.87. The number of hydrogen-bond acceptors (Lipinski definition) is 6. The first-order valence-corrected chi connectivity index (χ1v) is 3.87. The Morgan fingerprint density at radius 1 is 1.21 bits per heavy atom. The number of anilines is 2. The summed E-state index contributed by atoms with van der Waals surface area (Å²) >= 11 is 0. The second kappa shape index (κ2) is 2.87. The standard InChI is InChI=1S/C7H9N7/c8-4-2-1-3-11-5(4)6-12-13-7(9)14(6)10/h1-3H,8,10H2,(H2,9,13). The van der Waals surface area contributed by atoms with Gasteiger partial charge in [0.15, 0.2) is 0 Å². The van der Waals surface area contributed by atoms with Crippen LogP contribution in [0, 0.1) is 0 Å². The normalized spacial score (nSPS) is 10.3. The van der Waals surface area contributed by atoms with Crippen LogP contribution in [0.5, 0.6) is 0 Å². The smallest absolute Gasteiger partial charge is 0.241 e. The van der Waals surface area contributed by atoms with Crippen molar-refractivity contribution in [3.05, 3.63) is 18.3 Å². The van der Waals surface area contributed by atoms with Gasteiger partial charge in [0, 0.05) is 6.20 Å². The fourth-order valence-corrected chi connectivity index (χ4v) is 1.07. The van der Waals surface area contributed by atoms with Gasteiger partial charge in [0.25, 0.3) is 0 Å². The largest absolute Gasteiger partial charge is 0.397 e. The molecule has 72 valence electrons. The second-order valence-electron chi connectivity index (χ2n) is 2.69. The van der Waals surface area contributed by atoms with Gasteiger partial charge >= 0.3 is 0 Å². The summed E-state index contributed by atoms with van der Waals surface area (Å²) in [4.78, 5) is 4.04. The summed E-state index contributed by atoms with van der Waals surface area (Å²) in [6.07, 6.45) is 1.59. The van der Waals surface area contributed by atoms with E-state index in [2.05, 4.69) is 15.2 Å². The number of aromatic nitrogens is 4. The zero-order valence-corrected chi connectivity index (χ0v) is 7.25. The Morgan fingerprint density at radius 3 is 2.57 bits per heavy atom. The van der Waals surface area contributed by atoms with Crippen LogP contribution < -0.4 is 17.3 Å². The molecular weight excluding hydrogens is 182 g/mol. The van der Waals surface area contributed by atoms with Crippen molar-refractivity contribution in [2.45, 2.75) is 0 Å². The molecule has 0 saturated carbocycles. The van der Waals surface area contributed by atoms with E-state index >= 15 is 0 Å². The van der Waals surface area contributed by atoms with Crippen LogP contribution in [0.1, 0.15) is 0 Å². The predicted molar refractivity (Wildman–Crippen MR) is 52.2 cm³/mol. The number of pyridine rings is 1. The summed E-state index contributed by atoms with van der Waals surface area (Å²) < 4.78 is 1.14. The minimum atomic E-state index is 0.116. The third-order valence-electron chi connectivity index (χ3n) is 1.77. The van der Waals surface area contributed by atoms with Crippen LogP contribution in [0.25, 0.3) is 11.5 Å². The molecule has 2 heterocycles. The zero-order chi connectivity index (χ0) is 10.1. The molecule has 2 aromatic rings. The van der Waals surface area contributed by atoms with Crippen molar-refractivity contribution >= 4 is 11.6 Å². The maximum atomic E-state index is 5.69. The lowest BCUT2D eigenvalue weighted by molar-refractivity contribution is 1.01. The Morgan fingerprint density at radius 2 is 2.00 bits per heavy atom. The molecule has 0 aliphatic rings. The highest BCUT2D eigenvalue weighted by Gasteiger charge is 2.12. The molecule has 0 unspecified atom stereocenters. The Balaban J connectivity index is 2.60. The molecule has 0 bridgehead atoms. The minimum Gasteiger partial charge on any atom is -0.397 e. The lowest BCUT2D eigenvalue weighted by Gasteiger charge is -2.02. The highest BCUT2D eigenvalue weighted by Crippen LogP contribution is 2.20. The van der Waals surface area contributed by atoms with Gasteiger partial charge in [-0.3, -0.25) is 4.98 Å². The molecule has 14 heavy (non-hydrogen) atoms. The summed E-state index contributed by atoms with van der Waals surface area (Å²) in [6.45, 7) is 0. The predicted octanol–water partition coefficient (Wildman–Crippen LogP) is -0.782. The molecule has 0 spiro atoms. The Hall–Kier alpha value is -2.31. The van der Waals surface area contributed by atoms with Gasteiger partial charge in [-0.25, -0.2) is 4.68 Å². The summed E-state index contributed by atoms with van der Waals surface area (Å²) in [5.41, 5.74) is 12.1. The van der Waals surface area contributed by atoms with Crippen LogP contribution in [-0.4, -0.2) is 19.9 Å². The monoisotopic (exact) mass is 191 g/mol. The van der Waals surface area contributed by atoms with Crippen molar-refractivity contribution in [2.24, 2.45) is 0 Å². The Labute approximate surface area is 79.5 Å². The number of nitrogens with two attached hydrogens (primary N) is 3. The quantitative estimate of drug-likeness (QED) is 0.508. The van der Waals surface area contributed by atoms with Crippen molar-refractivity contribution in [2.75, 3.05) is 17.3 Å². The van der Waals surface area contributed by atoms with E-state index in [4.69, 9.17) is 17.3 Å². The van der Waals surface area contributed by atoms with E-state index in [9.17, 15) is 0 Å². The number of nitrogens with zero attached hydrogens (tertiary/aromatic N) is 4. The van der Waals surface area contributed by atoms with Crippen LogP contribution in [0.15, 0.2) is 18.3 Å². The first-order chi connectivity index (χ1) is 6.70. The van der Waals surface area contributed by atoms with Crippen molar-refractivity contribution < 1.29 is 0 Å². The number of nitrogen functional groups attached to an aromatic ring is 3. The molecule has 0 radical (unpaired) electrons. The third-order valence-corrected chi connectivity index (χ3v) is 1.77. The van der Waals surface area contributed by atoms with Crippen LogP contribution >= 0.6 is 0 Å². The second-order valence-corrected chi connectivity index (χ2v) is 2.69. The van der Waals surface area contributed by atoms with E-state index in [1.54, 1.807) is 18.3 Å². The average Bonchev–Trinajstić information content (AvgIpc) is 2.49. The van der Waals surface area contributed by atoms with Crippen molar-refractivity contribution in [1.82, 2.24) is 19.9 Å². The summed E-state index contributed by atoms with van der Waals surface area (Å²) in [5.74, 6) is 6.04. The Kier molecular flexibility index (Phi) is 1.70. The SMILES string of the molecule is Nc1cccnc1-c1nnc(N)n1N. The van der Waals surface area contributed by atoms with Crippen LogP contribution in [0.2, 0.25) is 0 Å². The molecule has 0 fully saturated rings. The lowest BCUT2D eigenvalue weighted by Crippen LogP contribution is -2.14. The first kappa shape index (κ1) is 8.30. The highest BCUT2D eigenvalue weighted by atomic mass is 15.4. The van der Waals surface area contributed by atoms with Gasteiger partial charge in [-0.15, -0.1) is 10.2 Å². The molecule has 0 saturated heterocycles. The van der Waals surface area contributed by atoms with E-state index in [0.29, 0.717) is 17.2 Å². The fraction of sp³-hybridized carbons (Fsp3) is 0. The highest BCUT2D eigenvalue weighted by molar-refractivity contribution is 5.67. The topological polar surface area (TPSA) is 122 Å². The van der Waals surface area contributed by atoms with Crippen molar-refractivity contribution in [3.63, 3.8) is 0 Å². The summed E-state index contributed by atoms with van der Waals surface area (Å²) in [6, 6.07) is 3.42. The molecule has 2 rings (SSSR count). The summed E-state index contributed by atoms with van der Waals surface area (Å²) in [5, 5.41) is 7.37. The molecule has 0 atom stereocenters. The van der Waals surface area contributed by atoms with Gasteiger partial charge in [-0.05, 0) is 12.1 Å². The average molecular weight is 191 g/mol. The van der Waals surface area contributed by atoms with Gasteiger partial charge in [0.1, 0.15) is 5.69 Å². The van der Waals surface area contributed by atoms with Gasteiger partial charge in [0.2, 0.25) is 11.8 Å².